The van der Waals surface area contributed by atoms with Crippen molar-refractivity contribution in [3.05, 3.63) is 20.1 Å². The molecule has 0 aliphatic heterocycles. The molecule has 13 heavy (non-hydrogen) atoms. The van der Waals surface area contributed by atoms with Crippen LogP contribution in [0.15, 0.2) is 24.1 Å². The number of hydrogen-bond donors (Lipinski definition) is 0. The Hall–Kier alpha value is 0.460. The van der Waals surface area contributed by atoms with Crippen LogP contribution in [0.4, 0.5) is 0 Å². The lowest BCUT2D eigenvalue weighted by Gasteiger charge is -2.11. The first-order valence-electron chi connectivity index (χ1n) is 2.85. The number of rotatable bonds is 0. The zero-order valence-electron chi connectivity index (χ0n) is 5.75. The third-order valence-electron chi connectivity index (χ3n) is 1.28. The van der Waals surface area contributed by atoms with Crippen LogP contribution in [0.3, 0.4) is 0 Å². The smallest absolute Gasteiger partial charge is 0.218 e. The van der Waals surface area contributed by atoms with Crippen LogP contribution in [0.5, 0.6) is 0 Å². The van der Waals surface area contributed by atoms with Crippen molar-refractivity contribution in [1.29, 1.82) is 0 Å². The molecule has 7 heteroatoms. The second kappa shape index (κ2) is 4.32. The molecule has 0 N–H and O–H groups in total. The van der Waals surface area contributed by atoms with Gasteiger partial charge in [0.05, 0.1) is 26.2 Å². The molecule has 0 fully saturated rings. The van der Waals surface area contributed by atoms with Gasteiger partial charge in [-0.2, -0.15) is 0 Å². The number of allylic oxidation sites excluding steroid dienone is 4. The van der Waals surface area contributed by atoms with Crippen molar-refractivity contribution in [3.8, 4) is 0 Å². The molecule has 1 aliphatic carbocycles. The van der Waals surface area contributed by atoms with E-state index in [-0.39, 0.29) is 25.8 Å². The lowest BCUT2D eigenvalue weighted by molar-refractivity contribution is -0.111. The molecular weight excluding hydrogens is 324 g/mol. The third-order valence-corrected chi connectivity index (χ3v) is 3.29. The Morgan fingerprint density at radius 3 is 1.62 bits per heavy atom. The van der Waals surface area contributed by atoms with E-state index in [0.717, 1.165) is 0 Å². The highest BCUT2D eigenvalue weighted by atomic mass is 79.9. The van der Waals surface area contributed by atoms with Gasteiger partial charge in [-0.05, 0) is 0 Å². The summed E-state index contributed by atoms with van der Waals surface area (Å²) >= 11 is 25.3. The van der Waals surface area contributed by atoms with Gasteiger partial charge in [-0.3, -0.25) is 4.79 Å². The van der Waals surface area contributed by atoms with Crippen LogP contribution in [-0.4, -0.2) is 11.5 Å². The maximum Gasteiger partial charge on any atom is 0.218 e. The molecule has 1 aliphatic rings. The van der Waals surface area contributed by atoms with Gasteiger partial charge in [-0.15, -0.1) is 0 Å². The Morgan fingerprint density at radius 1 is 0.923 bits per heavy atom. The van der Waals surface area contributed by atoms with Crippen LogP contribution >= 0.6 is 62.6 Å². The van der Waals surface area contributed by atoms with E-state index in [4.69, 9.17) is 46.4 Å². The number of ketones is 1. The van der Waals surface area contributed by atoms with E-state index in [1.54, 1.807) is 0 Å². The molecule has 0 bridgehead atoms. The molecule has 0 saturated carbocycles. The van der Waals surface area contributed by atoms with Gasteiger partial charge in [-0.1, -0.05) is 46.4 Å². The summed E-state index contributed by atoms with van der Waals surface area (Å²) in [5, 5.41) is -0.403. The maximum atomic E-state index is 11.2. The summed E-state index contributed by atoms with van der Waals surface area (Å²) in [4.78, 5) is 11.2. The Labute approximate surface area is 103 Å². The fraction of sp³-hybridized carbons (Fsp3) is 0. The third kappa shape index (κ3) is 1.95. The Kier molecular flexibility index (Phi) is 3.83. The molecule has 0 saturated heterocycles. The molecule has 0 unspecified atom stereocenters. The van der Waals surface area contributed by atoms with E-state index in [0.29, 0.717) is 0 Å². The first kappa shape index (κ1) is 11.5. The van der Waals surface area contributed by atoms with Gasteiger partial charge in [0.2, 0.25) is 5.78 Å². The molecule has 2 nitrogen and oxygen atoms in total. The molecule has 0 spiro atoms. The molecule has 70 valence electrons. The van der Waals surface area contributed by atoms with Crippen LogP contribution in [0.1, 0.15) is 0 Å². The lowest BCUT2D eigenvalue weighted by Crippen LogP contribution is -2.14. The minimum Gasteiger partial charge on any atom is -0.286 e. The number of carbonyl (C=O) groups excluding carboxylic acids is 1. The molecule has 0 heterocycles. The van der Waals surface area contributed by atoms with Crippen LogP contribution in [0, 0.1) is 0 Å². The van der Waals surface area contributed by atoms with Gasteiger partial charge in [0.1, 0.15) is 15.8 Å². The van der Waals surface area contributed by atoms with E-state index >= 15 is 0 Å². The fourth-order valence-electron chi connectivity index (χ4n) is 0.674. The molecule has 0 aromatic carbocycles. The van der Waals surface area contributed by atoms with Gasteiger partial charge in [0.25, 0.3) is 0 Å². The van der Waals surface area contributed by atoms with Crippen LogP contribution < -0.4 is 0 Å². The van der Waals surface area contributed by atoms with E-state index in [9.17, 15) is 4.79 Å². The molecular formula is C6BrCl4NO. The van der Waals surface area contributed by atoms with Gasteiger partial charge >= 0.3 is 0 Å². The Balaban J connectivity index is 3.38. The van der Waals surface area contributed by atoms with Gasteiger partial charge < -0.3 is 0 Å². The van der Waals surface area contributed by atoms with Crippen molar-refractivity contribution >= 4 is 74.0 Å². The summed E-state index contributed by atoms with van der Waals surface area (Å²) in [5.41, 5.74) is 0.151. The number of nitrogens with zero attached hydrogens (tertiary/aromatic N) is 1. The van der Waals surface area contributed by atoms with Gasteiger partial charge in [-0.25, -0.2) is 4.02 Å². The van der Waals surface area contributed by atoms with E-state index in [1.807, 2.05) is 0 Å². The standard InChI is InChI=1S/C6BrCl4NO/c7-12-5-1(8)3(10)6(13)4(11)2(5)9. The lowest BCUT2D eigenvalue weighted by atomic mass is 10.1. The number of Topliss-reactive ketones (excluding diaryl/α,β-unsaturated/α-hetero) is 1. The zero-order chi connectivity index (χ0) is 10.2. The average molecular weight is 324 g/mol. The minimum absolute atomic E-state index is 0.0158. The van der Waals surface area contributed by atoms with Crippen LogP contribution in [0.2, 0.25) is 0 Å². The molecule has 0 radical (unpaired) electrons. The van der Waals surface area contributed by atoms with Gasteiger partial charge in [0, 0.05) is 0 Å². The quantitative estimate of drug-likeness (QED) is 0.625. The Bertz CT molecular complexity index is 341. The second-order valence-electron chi connectivity index (χ2n) is 2.02. The summed E-state index contributed by atoms with van der Waals surface area (Å²) in [6.07, 6.45) is 0. The largest absolute Gasteiger partial charge is 0.286 e. The summed E-state index contributed by atoms with van der Waals surface area (Å²) in [6, 6.07) is 0. The zero-order valence-corrected chi connectivity index (χ0v) is 10.4. The number of halogens is 5. The van der Waals surface area contributed by atoms with Gasteiger partial charge in [0.15, 0.2) is 0 Å². The normalized spacial score (nSPS) is 18.5. The molecule has 1 rings (SSSR count). The highest BCUT2D eigenvalue weighted by Crippen LogP contribution is 2.34. The predicted molar refractivity (Wildman–Crippen MR) is 58.8 cm³/mol. The van der Waals surface area contributed by atoms with E-state index in [2.05, 4.69) is 20.2 Å². The molecule has 0 atom stereocenters. The molecule has 0 aromatic rings. The van der Waals surface area contributed by atoms with Crippen molar-refractivity contribution in [2.24, 2.45) is 4.02 Å². The minimum atomic E-state index is -0.599. The van der Waals surface area contributed by atoms with Crippen LogP contribution in [0.25, 0.3) is 0 Å². The van der Waals surface area contributed by atoms with E-state index in [1.165, 1.54) is 0 Å². The average Bonchev–Trinajstić information content (AvgIpc) is 2.13. The maximum absolute atomic E-state index is 11.2. The first-order valence-corrected chi connectivity index (χ1v) is 5.07. The summed E-state index contributed by atoms with van der Waals surface area (Å²) in [6.45, 7) is 0. The number of hydrogen-bond acceptors (Lipinski definition) is 2. The topological polar surface area (TPSA) is 29.4 Å². The van der Waals surface area contributed by atoms with Crippen molar-refractivity contribution in [2.45, 2.75) is 0 Å². The summed E-state index contributed by atoms with van der Waals surface area (Å²) < 4.78 is 3.57. The van der Waals surface area contributed by atoms with Crippen LogP contribution in [-0.2, 0) is 4.79 Å². The molecule has 0 aromatic heterocycles. The first-order chi connectivity index (χ1) is 6.00. The summed E-state index contributed by atoms with van der Waals surface area (Å²) in [5.74, 6) is -0.599. The predicted octanol–water partition coefficient (Wildman–Crippen LogP) is 3.70. The SMILES string of the molecule is O=C1C(Cl)=C(Cl)C(=NBr)C(Cl)=C1Cl. The Morgan fingerprint density at radius 2 is 1.31 bits per heavy atom. The number of carbonyl (C=O) groups is 1. The highest BCUT2D eigenvalue weighted by molar-refractivity contribution is 9.08. The summed E-state index contributed by atoms with van der Waals surface area (Å²) in [7, 11) is 0. The van der Waals surface area contributed by atoms with Crippen molar-refractivity contribution in [1.82, 2.24) is 0 Å². The van der Waals surface area contributed by atoms with Crippen molar-refractivity contribution in [3.63, 3.8) is 0 Å². The van der Waals surface area contributed by atoms with Crippen molar-refractivity contribution < 1.29 is 4.79 Å². The monoisotopic (exact) mass is 321 g/mol. The second-order valence-corrected chi connectivity index (χ2v) is 3.88. The highest BCUT2D eigenvalue weighted by Gasteiger charge is 2.29. The van der Waals surface area contributed by atoms with Crippen molar-refractivity contribution in [2.75, 3.05) is 0 Å². The molecule has 0 amide bonds. The van der Waals surface area contributed by atoms with E-state index < -0.39 is 5.78 Å². The fourth-order valence-corrected chi connectivity index (χ4v) is 2.14.